The Kier molecular flexibility index (Phi) is 3.68. The molecule has 3 heterocycles. The van der Waals surface area contributed by atoms with E-state index >= 15 is 0 Å². The molecule has 1 aliphatic rings. The van der Waals surface area contributed by atoms with E-state index in [1.54, 1.807) is 0 Å². The SMILES string of the molecule is Clc1cc2cnn(-c3cnn(C4CCCCO4)c3)c2cc1Br. The number of hydrogen-bond acceptors (Lipinski definition) is 3. The van der Waals surface area contributed by atoms with Crippen LogP contribution in [0.15, 0.2) is 35.2 Å². The summed E-state index contributed by atoms with van der Waals surface area (Å²) in [6.07, 6.45) is 8.94. The van der Waals surface area contributed by atoms with Crippen molar-refractivity contribution in [1.82, 2.24) is 19.6 Å². The highest BCUT2D eigenvalue weighted by molar-refractivity contribution is 9.10. The summed E-state index contributed by atoms with van der Waals surface area (Å²) >= 11 is 9.59. The van der Waals surface area contributed by atoms with Crippen molar-refractivity contribution in [2.45, 2.75) is 25.5 Å². The molecule has 0 N–H and O–H groups in total. The van der Waals surface area contributed by atoms with E-state index in [0.717, 1.165) is 40.5 Å². The lowest BCUT2D eigenvalue weighted by atomic mass is 10.2. The third kappa shape index (κ3) is 2.45. The van der Waals surface area contributed by atoms with Crippen LogP contribution in [0, 0.1) is 0 Å². The Balaban J connectivity index is 1.73. The lowest BCUT2D eigenvalue weighted by Gasteiger charge is -2.22. The zero-order chi connectivity index (χ0) is 15.1. The summed E-state index contributed by atoms with van der Waals surface area (Å²) in [7, 11) is 0. The Labute approximate surface area is 140 Å². The zero-order valence-corrected chi connectivity index (χ0v) is 14.1. The first kappa shape index (κ1) is 14.2. The zero-order valence-electron chi connectivity index (χ0n) is 11.7. The quantitative estimate of drug-likeness (QED) is 0.663. The third-order valence-corrected chi connectivity index (χ3v) is 5.09. The third-order valence-electron chi connectivity index (χ3n) is 3.89. The Morgan fingerprint density at radius 3 is 2.95 bits per heavy atom. The molecular formula is C15H14BrClN4O. The average Bonchev–Trinajstić information content (AvgIpc) is 3.15. The van der Waals surface area contributed by atoms with Gasteiger partial charge in [0, 0.05) is 16.5 Å². The van der Waals surface area contributed by atoms with Gasteiger partial charge in [-0.1, -0.05) is 11.6 Å². The highest BCUT2D eigenvalue weighted by Gasteiger charge is 2.17. The van der Waals surface area contributed by atoms with Crippen LogP contribution in [0.2, 0.25) is 5.02 Å². The van der Waals surface area contributed by atoms with Gasteiger partial charge in [0.25, 0.3) is 0 Å². The van der Waals surface area contributed by atoms with E-state index in [4.69, 9.17) is 16.3 Å². The average molecular weight is 382 g/mol. The topological polar surface area (TPSA) is 44.9 Å². The minimum Gasteiger partial charge on any atom is -0.357 e. The first-order chi connectivity index (χ1) is 10.7. The van der Waals surface area contributed by atoms with Crippen LogP contribution in [0.4, 0.5) is 0 Å². The summed E-state index contributed by atoms with van der Waals surface area (Å²) in [6.45, 7) is 0.802. The molecule has 2 aromatic heterocycles. The number of rotatable bonds is 2. The maximum Gasteiger partial charge on any atom is 0.150 e. The molecule has 1 saturated heterocycles. The summed E-state index contributed by atoms with van der Waals surface area (Å²) in [6, 6.07) is 3.87. The van der Waals surface area contributed by atoms with E-state index in [0.29, 0.717) is 5.02 Å². The molecule has 0 spiro atoms. The van der Waals surface area contributed by atoms with Gasteiger partial charge in [0.1, 0.15) is 11.9 Å². The van der Waals surface area contributed by atoms with Crippen molar-refractivity contribution in [3.05, 3.63) is 40.2 Å². The van der Waals surface area contributed by atoms with Crippen molar-refractivity contribution in [3.8, 4) is 5.69 Å². The molecule has 1 aliphatic heterocycles. The molecule has 4 rings (SSSR count). The van der Waals surface area contributed by atoms with Crippen LogP contribution in [0.5, 0.6) is 0 Å². The highest BCUT2D eigenvalue weighted by atomic mass is 79.9. The summed E-state index contributed by atoms with van der Waals surface area (Å²) in [5, 5.41) is 10.6. The minimum absolute atomic E-state index is 0.0329. The van der Waals surface area contributed by atoms with Crippen LogP contribution in [-0.4, -0.2) is 26.2 Å². The summed E-state index contributed by atoms with van der Waals surface area (Å²) in [5.74, 6) is 0. The summed E-state index contributed by atoms with van der Waals surface area (Å²) in [4.78, 5) is 0. The van der Waals surface area contributed by atoms with E-state index in [9.17, 15) is 0 Å². The van der Waals surface area contributed by atoms with Gasteiger partial charge in [0.05, 0.1) is 29.1 Å². The van der Waals surface area contributed by atoms with Crippen LogP contribution >= 0.6 is 27.5 Å². The molecule has 0 saturated carbocycles. The molecule has 1 atom stereocenters. The fourth-order valence-corrected chi connectivity index (χ4v) is 3.26. The van der Waals surface area contributed by atoms with Crippen molar-refractivity contribution in [2.75, 3.05) is 6.61 Å². The largest absolute Gasteiger partial charge is 0.357 e. The number of nitrogens with zero attached hydrogens (tertiary/aromatic N) is 4. The van der Waals surface area contributed by atoms with Gasteiger partial charge in [-0.25, -0.2) is 9.36 Å². The number of ether oxygens (including phenoxy) is 1. The summed E-state index contributed by atoms with van der Waals surface area (Å²) in [5.41, 5.74) is 1.90. The molecule has 0 amide bonds. The summed E-state index contributed by atoms with van der Waals surface area (Å²) < 4.78 is 10.4. The van der Waals surface area contributed by atoms with E-state index in [1.807, 2.05) is 40.1 Å². The predicted molar refractivity (Wildman–Crippen MR) is 88.4 cm³/mol. The molecule has 1 aromatic carbocycles. The van der Waals surface area contributed by atoms with Crippen molar-refractivity contribution in [3.63, 3.8) is 0 Å². The number of aromatic nitrogens is 4. The van der Waals surface area contributed by atoms with Crippen molar-refractivity contribution in [1.29, 1.82) is 0 Å². The highest BCUT2D eigenvalue weighted by Crippen LogP contribution is 2.30. The molecule has 7 heteroatoms. The van der Waals surface area contributed by atoms with Crippen LogP contribution in [0.3, 0.4) is 0 Å². The minimum atomic E-state index is 0.0329. The van der Waals surface area contributed by atoms with E-state index in [1.165, 1.54) is 6.42 Å². The number of benzene rings is 1. The number of fused-ring (bicyclic) bond motifs is 1. The maximum atomic E-state index is 6.13. The smallest absolute Gasteiger partial charge is 0.150 e. The Morgan fingerprint density at radius 1 is 1.23 bits per heavy atom. The molecule has 0 bridgehead atoms. The second kappa shape index (κ2) is 5.68. The van der Waals surface area contributed by atoms with Gasteiger partial charge in [0.2, 0.25) is 0 Å². The first-order valence-electron chi connectivity index (χ1n) is 7.21. The second-order valence-electron chi connectivity index (χ2n) is 5.38. The molecule has 0 aliphatic carbocycles. The van der Waals surface area contributed by atoms with Crippen LogP contribution < -0.4 is 0 Å². The van der Waals surface area contributed by atoms with Crippen LogP contribution in [0.1, 0.15) is 25.5 Å². The van der Waals surface area contributed by atoms with Gasteiger partial charge in [-0.3, -0.25) is 0 Å². The fourth-order valence-electron chi connectivity index (χ4n) is 2.75. The Morgan fingerprint density at radius 2 is 2.14 bits per heavy atom. The van der Waals surface area contributed by atoms with Gasteiger partial charge in [-0.2, -0.15) is 10.2 Å². The fraction of sp³-hybridized carbons (Fsp3) is 0.333. The van der Waals surface area contributed by atoms with Gasteiger partial charge in [-0.15, -0.1) is 0 Å². The maximum absolute atomic E-state index is 6.13. The molecule has 3 aromatic rings. The van der Waals surface area contributed by atoms with E-state index in [-0.39, 0.29) is 6.23 Å². The van der Waals surface area contributed by atoms with Gasteiger partial charge >= 0.3 is 0 Å². The Bertz CT molecular complexity index is 822. The standard InChI is InChI=1S/C15H14BrClN4O/c16-12-6-14-10(5-13(12)17)7-19-21(14)11-8-18-20(9-11)15-3-1-2-4-22-15/h5-9,15H,1-4H2. The molecule has 5 nitrogen and oxygen atoms in total. The molecule has 22 heavy (non-hydrogen) atoms. The molecule has 1 unspecified atom stereocenters. The Hall–Kier alpha value is -1.37. The van der Waals surface area contributed by atoms with Crippen molar-refractivity contribution < 1.29 is 4.74 Å². The molecule has 0 radical (unpaired) electrons. The monoisotopic (exact) mass is 380 g/mol. The molecular weight excluding hydrogens is 368 g/mol. The predicted octanol–water partition coefficient (Wildman–Crippen LogP) is 4.34. The molecule has 1 fully saturated rings. The first-order valence-corrected chi connectivity index (χ1v) is 8.38. The van der Waals surface area contributed by atoms with Crippen molar-refractivity contribution in [2.24, 2.45) is 0 Å². The lowest BCUT2D eigenvalue weighted by molar-refractivity contribution is -0.0394. The van der Waals surface area contributed by atoms with E-state index in [2.05, 4.69) is 26.1 Å². The van der Waals surface area contributed by atoms with Gasteiger partial charge < -0.3 is 4.74 Å². The van der Waals surface area contributed by atoms with Gasteiger partial charge in [-0.05, 0) is 47.3 Å². The lowest BCUT2D eigenvalue weighted by Crippen LogP contribution is -2.18. The van der Waals surface area contributed by atoms with E-state index < -0.39 is 0 Å². The molecule has 114 valence electrons. The second-order valence-corrected chi connectivity index (χ2v) is 6.64. The van der Waals surface area contributed by atoms with Crippen molar-refractivity contribution >= 4 is 38.4 Å². The van der Waals surface area contributed by atoms with Crippen LogP contribution in [-0.2, 0) is 4.74 Å². The normalized spacial score (nSPS) is 18.9. The number of hydrogen-bond donors (Lipinski definition) is 0. The van der Waals surface area contributed by atoms with Crippen LogP contribution in [0.25, 0.3) is 16.6 Å². The number of halogens is 2. The van der Waals surface area contributed by atoms with Gasteiger partial charge in [0.15, 0.2) is 0 Å².